The van der Waals surface area contributed by atoms with Crippen molar-refractivity contribution in [2.24, 2.45) is 0 Å². The minimum absolute atomic E-state index is 0.270. The number of hydrogen-bond donors (Lipinski definition) is 0. The Morgan fingerprint density at radius 2 is 2.06 bits per heavy atom. The van der Waals surface area contributed by atoms with Gasteiger partial charge in [-0.2, -0.15) is 0 Å². The van der Waals surface area contributed by atoms with Gasteiger partial charge in [0, 0.05) is 0 Å². The Labute approximate surface area is 107 Å². The van der Waals surface area contributed by atoms with Crippen LogP contribution in [0.25, 0.3) is 0 Å². The molecular formula is C14H25O2Si. The maximum Gasteiger partial charge on any atom is 0.325 e. The molecule has 1 unspecified atom stereocenters. The highest BCUT2D eigenvalue weighted by molar-refractivity contribution is 6.55. The van der Waals surface area contributed by atoms with Gasteiger partial charge in [-0.25, -0.2) is 4.79 Å². The lowest BCUT2D eigenvalue weighted by atomic mass is 10.1. The van der Waals surface area contributed by atoms with E-state index in [-0.39, 0.29) is 5.97 Å². The van der Waals surface area contributed by atoms with Crippen LogP contribution in [0.15, 0.2) is 18.4 Å². The summed E-state index contributed by atoms with van der Waals surface area (Å²) in [6.45, 7) is 9.91. The zero-order chi connectivity index (χ0) is 13.1. The Morgan fingerprint density at radius 1 is 1.35 bits per heavy atom. The van der Waals surface area contributed by atoms with E-state index in [2.05, 4.69) is 33.1 Å². The van der Waals surface area contributed by atoms with Crippen molar-refractivity contribution in [1.82, 2.24) is 0 Å². The van der Waals surface area contributed by atoms with Crippen LogP contribution in [-0.2, 0) is 9.22 Å². The van der Waals surface area contributed by atoms with E-state index < -0.39 is 9.04 Å². The summed E-state index contributed by atoms with van der Waals surface area (Å²) in [6, 6.07) is 0.982. The minimum Gasteiger partial charge on any atom is -0.514 e. The molecule has 0 aliphatic heterocycles. The average molecular weight is 253 g/mol. The molecule has 0 fully saturated rings. The third-order valence-corrected chi connectivity index (χ3v) is 5.45. The van der Waals surface area contributed by atoms with Crippen molar-refractivity contribution in [2.75, 3.05) is 0 Å². The summed E-state index contributed by atoms with van der Waals surface area (Å²) in [4.78, 5) is 11.4. The summed E-state index contributed by atoms with van der Waals surface area (Å²) in [5.74, 6) is -0.270. The van der Waals surface area contributed by atoms with E-state index in [1.165, 1.54) is 31.8 Å². The number of rotatable bonds is 9. The van der Waals surface area contributed by atoms with Gasteiger partial charge >= 0.3 is 5.97 Å². The van der Waals surface area contributed by atoms with Crippen molar-refractivity contribution in [2.45, 2.75) is 64.5 Å². The first-order valence-electron chi connectivity index (χ1n) is 6.62. The molecule has 0 spiro atoms. The Hall–Kier alpha value is -0.793. The Bertz CT molecular complexity index is 257. The van der Waals surface area contributed by atoms with E-state index in [4.69, 9.17) is 4.43 Å². The van der Waals surface area contributed by atoms with Crippen LogP contribution in [0, 0.1) is 0 Å². The van der Waals surface area contributed by atoms with Crippen LogP contribution in [0.4, 0.5) is 0 Å². The molecule has 0 aromatic carbocycles. The smallest absolute Gasteiger partial charge is 0.325 e. The first-order chi connectivity index (χ1) is 8.19. The molecule has 0 heterocycles. The molecule has 0 saturated heterocycles. The Balaban J connectivity index is 4.41. The molecule has 0 amide bonds. The molecule has 0 aromatic rings. The fourth-order valence-corrected chi connectivity index (χ4v) is 4.29. The SMILES string of the molecule is C=C=CC(=O)O[Si](CC)C(CCC)CCCC. The summed E-state index contributed by atoms with van der Waals surface area (Å²) < 4.78 is 5.56. The number of carbonyl (C=O) groups is 1. The molecule has 0 N–H and O–H groups in total. The monoisotopic (exact) mass is 253 g/mol. The van der Waals surface area contributed by atoms with Gasteiger partial charge in [0.2, 0.25) is 0 Å². The summed E-state index contributed by atoms with van der Waals surface area (Å²) in [7, 11) is -1.03. The Morgan fingerprint density at radius 3 is 2.53 bits per heavy atom. The van der Waals surface area contributed by atoms with Crippen molar-refractivity contribution >= 4 is 15.0 Å². The second-order valence-electron chi connectivity index (χ2n) is 4.22. The second kappa shape index (κ2) is 10.4. The van der Waals surface area contributed by atoms with Gasteiger partial charge < -0.3 is 4.43 Å². The summed E-state index contributed by atoms with van der Waals surface area (Å²) in [5.41, 5.74) is 3.07. The normalized spacial score (nSPS) is 12.0. The Kier molecular flexibility index (Phi) is 9.88. The zero-order valence-corrected chi connectivity index (χ0v) is 12.4. The van der Waals surface area contributed by atoms with Gasteiger partial charge in [-0.1, -0.05) is 53.0 Å². The first-order valence-corrected chi connectivity index (χ1v) is 8.32. The van der Waals surface area contributed by atoms with Gasteiger partial charge in [-0.05, 0) is 18.0 Å². The van der Waals surface area contributed by atoms with Crippen LogP contribution in [0.2, 0.25) is 11.6 Å². The molecule has 1 atom stereocenters. The summed E-state index contributed by atoms with van der Waals surface area (Å²) in [6.07, 6.45) is 7.26. The van der Waals surface area contributed by atoms with Crippen LogP contribution in [0.3, 0.4) is 0 Å². The van der Waals surface area contributed by atoms with Crippen LogP contribution in [-0.4, -0.2) is 15.0 Å². The molecule has 0 aromatic heterocycles. The van der Waals surface area contributed by atoms with Crippen LogP contribution in [0.1, 0.15) is 52.9 Å². The lowest BCUT2D eigenvalue weighted by Crippen LogP contribution is -2.27. The third-order valence-electron chi connectivity index (χ3n) is 2.80. The maximum atomic E-state index is 11.4. The van der Waals surface area contributed by atoms with Crippen molar-refractivity contribution in [3.63, 3.8) is 0 Å². The van der Waals surface area contributed by atoms with E-state index in [1.807, 2.05) is 0 Å². The van der Waals surface area contributed by atoms with Crippen LogP contribution < -0.4 is 0 Å². The fourth-order valence-electron chi connectivity index (χ4n) is 1.95. The standard InChI is InChI=1S/C14H25O2Si/c1-5-9-12-13(10-6-2)17(8-4)16-14(15)11-7-3/h11,13H,3,5-6,8-10,12H2,1-2,4H3. The number of unbranched alkanes of at least 4 members (excludes halogenated alkanes) is 1. The van der Waals surface area contributed by atoms with Gasteiger partial charge in [0.15, 0.2) is 0 Å². The number of hydrogen-bond acceptors (Lipinski definition) is 2. The summed E-state index contributed by atoms with van der Waals surface area (Å²) >= 11 is 0. The lowest BCUT2D eigenvalue weighted by Gasteiger charge is -2.22. The van der Waals surface area contributed by atoms with Gasteiger partial charge in [0.1, 0.15) is 0 Å². The fraction of sp³-hybridized carbons (Fsp3) is 0.714. The van der Waals surface area contributed by atoms with Crippen LogP contribution >= 0.6 is 0 Å². The number of carbonyl (C=O) groups excluding carboxylic acids is 1. The molecule has 0 saturated carbocycles. The zero-order valence-electron chi connectivity index (χ0n) is 11.4. The van der Waals surface area contributed by atoms with E-state index in [9.17, 15) is 4.79 Å². The predicted molar refractivity (Wildman–Crippen MR) is 74.2 cm³/mol. The topological polar surface area (TPSA) is 26.3 Å². The molecule has 0 rings (SSSR count). The highest BCUT2D eigenvalue weighted by Crippen LogP contribution is 2.27. The second-order valence-corrected chi connectivity index (χ2v) is 6.88. The van der Waals surface area contributed by atoms with Crippen LogP contribution in [0.5, 0.6) is 0 Å². The van der Waals surface area contributed by atoms with Gasteiger partial charge in [0.25, 0.3) is 9.04 Å². The average Bonchev–Trinajstić information content (AvgIpc) is 2.32. The van der Waals surface area contributed by atoms with Gasteiger partial charge in [-0.3, -0.25) is 0 Å². The highest BCUT2D eigenvalue weighted by atomic mass is 28.3. The minimum atomic E-state index is -1.03. The quantitative estimate of drug-likeness (QED) is 0.349. The van der Waals surface area contributed by atoms with E-state index in [0.717, 1.165) is 12.5 Å². The molecule has 0 aliphatic rings. The first kappa shape index (κ1) is 16.2. The van der Waals surface area contributed by atoms with Gasteiger partial charge in [0.05, 0.1) is 6.08 Å². The lowest BCUT2D eigenvalue weighted by molar-refractivity contribution is -0.129. The van der Waals surface area contributed by atoms with Crippen molar-refractivity contribution in [3.05, 3.63) is 18.4 Å². The molecular weight excluding hydrogens is 228 g/mol. The molecule has 1 radical (unpaired) electrons. The molecule has 2 nitrogen and oxygen atoms in total. The maximum absolute atomic E-state index is 11.4. The third kappa shape index (κ3) is 7.19. The van der Waals surface area contributed by atoms with E-state index in [0.29, 0.717) is 5.54 Å². The molecule has 3 heteroatoms. The van der Waals surface area contributed by atoms with Crippen molar-refractivity contribution in [3.8, 4) is 0 Å². The van der Waals surface area contributed by atoms with Crippen molar-refractivity contribution in [1.29, 1.82) is 0 Å². The molecule has 0 aliphatic carbocycles. The highest BCUT2D eigenvalue weighted by Gasteiger charge is 2.25. The van der Waals surface area contributed by atoms with Gasteiger partial charge in [-0.15, -0.1) is 5.73 Å². The largest absolute Gasteiger partial charge is 0.514 e. The van der Waals surface area contributed by atoms with E-state index in [1.54, 1.807) is 0 Å². The molecule has 97 valence electrons. The summed E-state index contributed by atoms with van der Waals surface area (Å²) in [5, 5.41) is 0. The molecule has 17 heavy (non-hydrogen) atoms. The van der Waals surface area contributed by atoms with Crippen molar-refractivity contribution < 1.29 is 9.22 Å². The predicted octanol–water partition coefficient (Wildman–Crippen LogP) is 4.24. The molecule has 0 bridgehead atoms. The van der Waals surface area contributed by atoms with E-state index >= 15 is 0 Å².